The van der Waals surface area contributed by atoms with E-state index in [9.17, 15) is 4.79 Å². The number of hydrogen-bond donors (Lipinski definition) is 2. The molecule has 3 aromatic heterocycles. The Bertz CT molecular complexity index is 1340. The number of rotatable bonds is 4. The van der Waals surface area contributed by atoms with Crippen molar-refractivity contribution in [3.05, 3.63) is 78.8 Å². The summed E-state index contributed by atoms with van der Waals surface area (Å²) in [5.41, 5.74) is 4.57. The quantitative estimate of drug-likeness (QED) is 0.489. The molecule has 7 nitrogen and oxygen atoms in total. The number of nitrogens with one attached hydrogen (secondary N) is 2. The van der Waals surface area contributed by atoms with Crippen molar-refractivity contribution in [3.8, 4) is 16.9 Å². The standard InChI is InChI=1S/C22H17N5O2/c1-29-17-11-10-15(14-7-3-2-4-8-14)19-20(17)25-22(24-19)26-21(28)16-13-23-18-9-5-6-12-27(16)18/h2-13H,1H3,(H2,24,25,26,28). The number of anilines is 1. The van der Waals surface area contributed by atoms with Crippen molar-refractivity contribution in [3.63, 3.8) is 0 Å². The van der Waals surface area contributed by atoms with Crippen LogP contribution in [-0.2, 0) is 0 Å². The first kappa shape index (κ1) is 17.0. The van der Waals surface area contributed by atoms with Crippen LogP contribution in [0.25, 0.3) is 27.8 Å². The van der Waals surface area contributed by atoms with Crippen LogP contribution in [0.5, 0.6) is 5.75 Å². The minimum atomic E-state index is -0.303. The molecule has 0 radical (unpaired) electrons. The summed E-state index contributed by atoms with van der Waals surface area (Å²) in [6, 6.07) is 19.4. The van der Waals surface area contributed by atoms with E-state index in [0.29, 0.717) is 23.0 Å². The Balaban J connectivity index is 1.56. The highest BCUT2D eigenvalue weighted by molar-refractivity contribution is 6.04. The summed E-state index contributed by atoms with van der Waals surface area (Å²) in [6.07, 6.45) is 3.34. The van der Waals surface area contributed by atoms with Gasteiger partial charge in [-0.05, 0) is 29.8 Å². The Morgan fingerprint density at radius 3 is 2.72 bits per heavy atom. The number of methoxy groups -OCH3 is 1. The second-order valence-electron chi connectivity index (χ2n) is 6.52. The molecule has 0 aliphatic heterocycles. The normalized spacial score (nSPS) is 11.1. The molecule has 29 heavy (non-hydrogen) atoms. The minimum absolute atomic E-state index is 0.303. The second kappa shape index (κ2) is 6.79. The Labute approximate surface area is 166 Å². The molecule has 2 N–H and O–H groups in total. The van der Waals surface area contributed by atoms with E-state index in [1.807, 2.05) is 60.7 Å². The van der Waals surface area contributed by atoms with Crippen LogP contribution >= 0.6 is 0 Å². The SMILES string of the molecule is COc1ccc(-c2ccccc2)c2nc(NC(=O)c3cnc4ccccn34)[nH]c12. The van der Waals surface area contributed by atoms with Gasteiger partial charge in [0.2, 0.25) is 5.95 Å². The van der Waals surface area contributed by atoms with E-state index in [1.165, 1.54) is 0 Å². The molecule has 0 aliphatic carbocycles. The molecule has 7 heteroatoms. The molecular formula is C22H17N5O2. The van der Waals surface area contributed by atoms with Gasteiger partial charge < -0.3 is 9.72 Å². The van der Waals surface area contributed by atoms with Crippen molar-refractivity contribution in [2.75, 3.05) is 12.4 Å². The van der Waals surface area contributed by atoms with Crippen molar-refractivity contribution >= 4 is 28.5 Å². The number of nitrogens with zero attached hydrogens (tertiary/aromatic N) is 3. The maximum Gasteiger partial charge on any atom is 0.276 e. The van der Waals surface area contributed by atoms with Crippen LogP contribution in [-0.4, -0.2) is 32.4 Å². The molecule has 0 bridgehead atoms. The van der Waals surface area contributed by atoms with Crippen molar-refractivity contribution in [1.29, 1.82) is 0 Å². The molecule has 3 heterocycles. The van der Waals surface area contributed by atoms with E-state index in [1.54, 1.807) is 23.9 Å². The number of hydrogen-bond acceptors (Lipinski definition) is 4. The molecular weight excluding hydrogens is 366 g/mol. The Morgan fingerprint density at radius 2 is 1.90 bits per heavy atom. The number of pyridine rings is 1. The van der Waals surface area contributed by atoms with Gasteiger partial charge in [0, 0.05) is 11.8 Å². The van der Waals surface area contributed by atoms with Crippen molar-refractivity contribution in [1.82, 2.24) is 19.4 Å². The highest BCUT2D eigenvalue weighted by Crippen LogP contribution is 2.33. The van der Waals surface area contributed by atoms with E-state index in [-0.39, 0.29) is 5.91 Å². The number of aromatic amines is 1. The molecule has 0 aliphatic rings. The van der Waals surface area contributed by atoms with Gasteiger partial charge in [0.15, 0.2) is 0 Å². The number of H-pyrrole nitrogens is 1. The van der Waals surface area contributed by atoms with Gasteiger partial charge in [0.1, 0.15) is 28.1 Å². The Morgan fingerprint density at radius 1 is 1.07 bits per heavy atom. The number of fused-ring (bicyclic) bond motifs is 2. The van der Waals surface area contributed by atoms with E-state index >= 15 is 0 Å². The second-order valence-corrected chi connectivity index (χ2v) is 6.52. The summed E-state index contributed by atoms with van der Waals surface area (Å²) in [6.45, 7) is 0. The first-order valence-electron chi connectivity index (χ1n) is 9.10. The molecule has 0 fully saturated rings. The molecule has 0 saturated heterocycles. The van der Waals surface area contributed by atoms with Gasteiger partial charge in [-0.25, -0.2) is 9.97 Å². The summed E-state index contributed by atoms with van der Waals surface area (Å²) in [5, 5.41) is 2.83. The number of carbonyl (C=O) groups excluding carboxylic acids is 1. The number of ether oxygens (including phenoxy) is 1. The zero-order valence-corrected chi connectivity index (χ0v) is 15.6. The smallest absolute Gasteiger partial charge is 0.276 e. The number of carbonyl (C=O) groups is 1. The Hall–Kier alpha value is -4.13. The summed E-state index contributed by atoms with van der Waals surface area (Å²) in [5.74, 6) is 0.697. The number of aromatic nitrogens is 4. The molecule has 0 saturated carbocycles. The van der Waals surface area contributed by atoms with Crippen molar-refractivity contribution in [2.24, 2.45) is 0 Å². The molecule has 0 atom stereocenters. The lowest BCUT2D eigenvalue weighted by Gasteiger charge is -2.05. The molecule has 142 valence electrons. The number of amides is 1. The van der Waals surface area contributed by atoms with Gasteiger partial charge >= 0.3 is 0 Å². The number of imidazole rings is 2. The summed E-state index contributed by atoms with van der Waals surface area (Å²) in [4.78, 5) is 24.9. The molecule has 0 unspecified atom stereocenters. The maximum absolute atomic E-state index is 12.8. The summed E-state index contributed by atoms with van der Waals surface area (Å²) in [7, 11) is 1.61. The molecule has 2 aromatic carbocycles. The third-order valence-corrected chi connectivity index (χ3v) is 4.79. The minimum Gasteiger partial charge on any atom is -0.494 e. The third kappa shape index (κ3) is 2.89. The lowest BCUT2D eigenvalue weighted by molar-refractivity contribution is 0.102. The maximum atomic E-state index is 12.8. The van der Waals surface area contributed by atoms with Crippen LogP contribution in [0.4, 0.5) is 5.95 Å². The van der Waals surface area contributed by atoms with Crippen LogP contribution in [0.2, 0.25) is 0 Å². The zero-order valence-electron chi connectivity index (χ0n) is 15.6. The first-order chi connectivity index (χ1) is 14.2. The molecule has 0 spiro atoms. The fourth-order valence-corrected chi connectivity index (χ4v) is 3.42. The lowest BCUT2D eigenvalue weighted by atomic mass is 10.0. The van der Waals surface area contributed by atoms with Crippen molar-refractivity contribution < 1.29 is 9.53 Å². The van der Waals surface area contributed by atoms with Gasteiger partial charge in [0.05, 0.1) is 13.3 Å². The zero-order chi connectivity index (χ0) is 19.8. The highest BCUT2D eigenvalue weighted by atomic mass is 16.5. The average Bonchev–Trinajstić information content (AvgIpc) is 3.38. The Kier molecular flexibility index (Phi) is 3.98. The van der Waals surface area contributed by atoms with E-state index in [0.717, 1.165) is 22.2 Å². The monoisotopic (exact) mass is 383 g/mol. The van der Waals surface area contributed by atoms with Gasteiger partial charge in [-0.1, -0.05) is 36.4 Å². The largest absolute Gasteiger partial charge is 0.494 e. The van der Waals surface area contributed by atoms with Crippen LogP contribution in [0.15, 0.2) is 73.1 Å². The van der Waals surface area contributed by atoms with Gasteiger partial charge in [0.25, 0.3) is 5.91 Å². The van der Waals surface area contributed by atoms with Gasteiger partial charge in [-0.2, -0.15) is 0 Å². The predicted octanol–water partition coefficient (Wildman–Crippen LogP) is 4.14. The van der Waals surface area contributed by atoms with E-state index in [2.05, 4.69) is 20.3 Å². The molecule has 5 rings (SSSR count). The van der Waals surface area contributed by atoms with Crippen LogP contribution < -0.4 is 10.1 Å². The summed E-state index contributed by atoms with van der Waals surface area (Å²) < 4.78 is 7.20. The van der Waals surface area contributed by atoms with Crippen LogP contribution in [0.3, 0.4) is 0 Å². The van der Waals surface area contributed by atoms with Crippen LogP contribution in [0.1, 0.15) is 10.5 Å². The molecule has 5 aromatic rings. The lowest BCUT2D eigenvalue weighted by Crippen LogP contribution is -2.15. The van der Waals surface area contributed by atoms with Gasteiger partial charge in [-0.15, -0.1) is 0 Å². The van der Waals surface area contributed by atoms with E-state index < -0.39 is 0 Å². The third-order valence-electron chi connectivity index (χ3n) is 4.79. The topological polar surface area (TPSA) is 84.3 Å². The van der Waals surface area contributed by atoms with Crippen LogP contribution in [0, 0.1) is 0 Å². The van der Waals surface area contributed by atoms with Crippen molar-refractivity contribution in [2.45, 2.75) is 0 Å². The number of benzene rings is 2. The fourth-order valence-electron chi connectivity index (χ4n) is 3.42. The fraction of sp³-hybridized carbons (Fsp3) is 0.0455. The summed E-state index contributed by atoms with van der Waals surface area (Å²) >= 11 is 0. The predicted molar refractivity (Wildman–Crippen MR) is 111 cm³/mol. The first-order valence-corrected chi connectivity index (χ1v) is 9.10. The molecule has 1 amide bonds. The van der Waals surface area contributed by atoms with E-state index in [4.69, 9.17) is 4.74 Å². The highest BCUT2D eigenvalue weighted by Gasteiger charge is 2.17. The average molecular weight is 383 g/mol. The van der Waals surface area contributed by atoms with Gasteiger partial charge in [-0.3, -0.25) is 14.5 Å².